The maximum atomic E-state index is 11.1. The van der Waals surface area contributed by atoms with Gasteiger partial charge in [-0.3, -0.25) is 4.79 Å². The minimum atomic E-state index is -1.36. The molecule has 0 spiro atoms. The molecule has 4 nitrogen and oxygen atoms in total. The normalized spacial score (nSPS) is 17.4. The van der Waals surface area contributed by atoms with Gasteiger partial charge in [-0.2, -0.15) is 0 Å². The van der Waals surface area contributed by atoms with E-state index < -0.39 is 11.5 Å². The fraction of sp³-hybridized carbons (Fsp3) is 0.900. The molecule has 14 heavy (non-hydrogen) atoms. The summed E-state index contributed by atoms with van der Waals surface area (Å²) in [6.07, 6.45) is 3.15. The molecule has 0 heterocycles. The van der Waals surface area contributed by atoms with Crippen molar-refractivity contribution in [2.75, 3.05) is 0 Å². The Morgan fingerprint density at radius 3 is 2.43 bits per heavy atom. The van der Waals surface area contributed by atoms with Gasteiger partial charge in [0.05, 0.1) is 0 Å². The van der Waals surface area contributed by atoms with E-state index in [9.17, 15) is 9.90 Å². The lowest BCUT2D eigenvalue weighted by atomic mass is 9.89. The van der Waals surface area contributed by atoms with Crippen LogP contribution in [0.4, 0.5) is 0 Å². The highest BCUT2D eigenvalue weighted by molar-refractivity contribution is 5.83. The SMILES string of the molecule is CCCC[C@](O)(CC[C@H](C)N)C(N)=O. The maximum Gasteiger partial charge on any atom is 0.249 e. The molecular weight excluding hydrogens is 180 g/mol. The number of primary amides is 1. The first-order chi connectivity index (χ1) is 6.42. The molecule has 0 rings (SSSR count). The Morgan fingerprint density at radius 2 is 2.07 bits per heavy atom. The van der Waals surface area contributed by atoms with E-state index >= 15 is 0 Å². The molecule has 0 saturated heterocycles. The number of nitrogens with two attached hydrogens (primary N) is 2. The Balaban J connectivity index is 4.17. The number of rotatable bonds is 7. The van der Waals surface area contributed by atoms with Gasteiger partial charge in [0.15, 0.2) is 0 Å². The summed E-state index contributed by atoms with van der Waals surface area (Å²) in [6.45, 7) is 3.86. The van der Waals surface area contributed by atoms with Gasteiger partial charge >= 0.3 is 0 Å². The molecule has 0 aliphatic carbocycles. The van der Waals surface area contributed by atoms with E-state index in [4.69, 9.17) is 11.5 Å². The zero-order valence-corrected chi connectivity index (χ0v) is 9.12. The molecule has 0 aromatic heterocycles. The average Bonchev–Trinajstić information content (AvgIpc) is 2.11. The third-order valence-corrected chi connectivity index (χ3v) is 2.42. The predicted molar refractivity (Wildman–Crippen MR) is 56.6 cm³/mol. The van der Waals surface area contributed by atoms with E-state index in [1.165, 1.54) is 0 Å². The van der Waals surface area contributed by atoms with Gasteiger partial charge in [0, 0.05) is 6.04 Å². The summed E-state index contributed by atoms with van der Waals surface area (Å²) >= 11 is 0. The predicted octanol–water partition coefficient (Wildman–Crippen LogP) is 0.520. The minimum absolute atomic E-state index is 0.0116. The Labute approximate surface area is 85.7 Å². The summed E-state index contributed by atoms with van der Waals surface area (Å²) in [7, 11) is 0. The van der Waals surface area contributed by atoms with Crippen LogP contribution in [0.3, 0.4) is 0 Å². The van der Waals surface area contributed by atoms with Gasteiger partial charge in [-0.1, -0.05) is 19.8 Å². The number of aliphatic hydroxyl groups is 1. The molecule has 0 unspecified atom stereocenters. The largest absolute Gasteiger partial charge is 0.380 e. The van der Waals surface area contributed by atoms with Crippen LogP contribution in [0.15, 0.2) is 0 Å². The summed E-state index contributed by atoms with van der Waals surface area (Å²) in [5.74, 6) is -0.633. The fourth-order valence-corrected chi connectivity index (χ4v) is 1.31. The van der Waals surface area contributed by atoms with Crippen molar-refractivity contribution in [3.8, 4) is 0 Å². The van der Waals surface area contributed by atoms with Crippen LogP contribution in [-0.4, -0.2) is 22.7 Å². The van der Waals surface area contributed by atoms with Crippen molar-refractivity contribution in [1.29, 1.82) is 0 Å². The lowest BCUT2D eigenvalue weighted by Gasteiger charge is -2.25. The van der Waals surface area contributed by atoms with Crippen LogP contribution in [0.1, 0.15) is 46.0 Å². The second-order valence-corrected chi connectivity index (χ2v) is 4.02. The third-order valence-electron chi connectivity index (χ3n) is 2.42. The molecule has 84 valence electrons. The highest BCUT2D eigenvalue weighted by Crippen LogP contribution is 2.20. The first-order valence-corrected chi connectivity index (χ1v) is 5.20. The van der Waals surface area contributed by atoms with E-state index in [2.05, 4.69) is 0 Å². The Kier molecular flexibility index (Phi) is 5.72. The molecule has 0 saturated carbocycles. The van der Waals surface area contributed by atoms with Crippen molar-refractivity contribution < 1.29 is 9.90 Å². The molecule has 0 aliphatic heterocycles. The van der Waals surface area contributed by atoms with Gasteiger partial charge in [0.1, 0.15) is 5.60 Å². The molecule has 0 aromatic rings. The first-order valence-electron chi connectivity index (χ1n) is 5.20. The zero-order valence-electron chi connectivity index (χ0n) is 9.12. The van der Waals surface area contributed by atoms with Crippen LogP contribution in [0.5, 0.6) is 0 Å². The lowest BCUT2D eigenvalue weighted by molar-refractivity contribution is -0.138. The van der Waals surface area contributed by atoms with Crippen molar-refractivity contribution in [3.05, 3.63) is 0 Å². The van der Waals surface area contributed by atoms with Crippen LogP contribution in [-0.2, 0) is 4.79 Å². The number of unbranched alkanes of at least 4 members (excludes halogenated alkanes) is 1. The second-order valence-electron chi connectivity index (χ2n) is 4.02. The molecule has 2 atom stereocenters. The average molecular weight is 202 g/mol. The van der Waals surface area contributed by atoms with Crippen molar-refractivity contribution >= 4 is 5.91 Å². The summed E-state index contributed by atoms with van der Waals surface area (Å²) < 4.78 is 0. The van der Waals surface area contributed by atoms with Gasteiger partial charge < -0.3 is 16.6 Å². The highest BCUT2D eigenvalue weighted by atomic mass is 16.3. The molecule has 5 N–H and O–H groups in total. The number of amides is 1. The van der Waals surface area contributed by atoms with Crippen molar-refractivity contribution in [2.24, 2.45) is 11.5 Å². The van der Waals surface area contributed by atoms with Gasteiger partial charge in [-0.25, -0.2) is 0 Å². The van der Waals surface area contributed by atoms with Crippen molar-refractivity contribution in [2.45, 2.75) is 57.6 Å². The van der Waals surface area contributed by atoms with Crippen LogP contribution >= 0.6 is 0 Å². The quantitative estimate of drug-likeness (QED) is 0.562. The maximum absolute atomic E-state index is 11.1. The second kappa shape index (κ2) is 5.98. The molecule has 1 amide bonds. The van der Waals surface area contributed by atoms with E-state index in [-0.39, 0.29) is 6.04 Å². The van der Waals surface area contributed by atoms with Gasteiger partial charge in [0.2, 0.25) is 5.91 Å². The van der Waals surface area contributed by atoms with E-state index in [1.54, 1.807) is 0 Å². The summed E-state index contributed by atoms with van der Waals surface area (Å²) in [5, 5.41) is 9.94. The van der Waals surface area contributed by atoms with Crippen LogP contribution in [0, 0.1) is 0 Å². The van der Waals surface area contributed by atoms with E-state index in [1.807, 2.05) is 13.8 Å². The number of hydrogen-bond donors (Lipinski definition) is 3. The topological polar surface area (TPSA) is 89.3 Å². The molecular formula is C10H22N2O2. The Morgan fingerprint density at radius 1 is 1.50 bits per heavy atom. The monoisotopic (exact) mass is 202 g/mol. The first kappa shape index (κ1) is 13.4. The molecule has 0 radical (unpaired) electrons. The summed E-state index contributed by atoms with van der Waals surface area (Å²) in [5.41, 5.74) is 9.38. The molecule has 4 heteroatoms. The fourth-order valence-electron chi connectivity index (χ4n) is 1.31. The minimum Gasteiger partial charge on any atom is -0.380 e. The summed E-state index contributed by atoms with van der Waals surface area (Å²) in [4.78, 5) is 11.1. The Hall–Kier alpha value is -0.610. The van der Waals surface area contributed by atoms with Gasteiger partial charge in [-0.15, -0.1) is 0 Å². The number of carbonyl (C=O) groups is 1. The molecule has 0 bridgehead atoms. The lowest BCUT2D eigenvalue weighted by Crippen LogP contribution is -2.44. The smallest absolute Gasteiger partial charge is 0.249 e. The summed E-state index contributed by atoms with van der Waals surface area (Å²) in [6, 6.07) is -0.0116. The van der Waals surface area contributed by atoms with Crippen LogP contribution in [0.25, 0.3) is 0 Å². The molecule has 0 aromatic carbocycles. The van der Waals surface area contributed by atoms with Crippen molar-refractivity contribution in [1.82, 2.24) is 0 Å². The van der Waals surface area contributed by atoms with Gasteiger partial charge in [-0.05, 0) is 26.2 Å². The molecule has 0 aliphatic rings. The standard InChI is InChI=1S/C10H22N2O2/c1-3-4-6-10(14,9(12)13)7-5-8(2)11/h8,14H,3-7,11H2,1-2H3,(H2,12,13)/t8-,10-/m0/s1. The third kappa shape index (κ3) is 4.58. The number of carbonyl (C=O) groups excluding carboxylic acids is 1. The number of hydrogen-bond acceptors (Lipinski definition) is 3. The Bertz CT molecular complexity index is 183. The highest BCUT2D eigenvalue weighted by Gasteiger charge is 2.32. The van der Waals surface area contributed by atoms with E-state index in [0.29, 0.717) is 19.3 Å². The molecule has 0 fully saturated rings. The van der Waals surface area contributed by atoms with Crippen molar-refractivity contribution in [3.63, 3.8) is 0 Å². The van der Waals surface area contributed by atoms with Crippen LogP contribution in [0.2, 0.25) is 0 Å². The van der Waals surface area contributed by atoms with E-state index in [0.717, 1.165) is 12.8 Å². The zero-order chi connectivity index (χ0) is 11.2. The van der Waals surface area contributed by atoms with Crippen LogP contribution < -0.4 is 11.5 Å². The van der Waals surface area contributed by atoms with Gasteiger partial charge in [0.25, 0.3) is 0 Å².